The smallest absolute Gasteiger partial charge is 0.337 e. The Balaban J connectivity index is 2.13. The van der Waals surface area contributed by atoms with Gasteiger partial charge in [0.25, 0.3) is 0 Å². The lowest BCUT2D eigenvalue weighted by Crippen LogP contribution is -2.02. The van der Waals surface area contributed by atoms with Gasteiger partial charge in [-0.25, -0.2) is 9.18 Å². The highest BCUT2D eigenvalue weighted by molar-refractivity contribution is 5.94. The SMILES string of the molecule is COC(=O)c1ccc(-c2n[nH]c3ccccc23)c(F)c1. The number of ether oxygens (including phenoxy) is 1. The van der Waals surface area contributed by atoms with Crippen LogP contribution in [0.2, 0.25) is 0 Å². The summed E-state index contributed by atoms with van der Waals surface area (Å²) in [5.41, 5.74) is 1.87. The number of carbonyl (C=O) groups excluding carboxylic acids is 1. The van der Waals surface area contributed by atoms with Crippen molar-refractivity contribution in [3.8, 4) is 11.3 Å². The molecule has 0 atom stereocenters. The van der Waals surface area contributed by atoms with E-state index in [9.17, 15) is 9.18 Å². The summed E-state index contributed by atoms with van der Waals surface area (Å²) in [7, 11) is 1.26. The minimum Gasteiger partial charge on any atom is -0.465 e. The lowest BCUT2D eigenvalue weighted by Gasteiger charge is -2.03. The number of para-hydroxylation sites is 1. The molecule has 0 saturated heterocycles. The fourth-order valence-corrected chi connectivity index (χ4v) is 2.12. The summed E-state index contributed by atoms with van der Waals surface area (Å²) in [5, 5.41) is 7.82. The number of esters is 1. The number of H-pyrrole nitrogens is 1. The molecule has 4 nitrogen and oxygen atoms in total. The van der Waals surface area contributed by atoms with Crippen molar-refractivity contribution in [1.29, 1.82) is 0 Å². The summed E-state index contributed by atoms with van der Waals surface area (Å²) < 4.78 is 18.7. The van der Waals surface area contributed by atoms with Crippen molar-refractivity contribution in [1.82, 2.24) is 10.2 Å². The first kappa shape index (κ1) is 12.3. The second kappa shape index (κ2) is 4.77. The molecule has 2 aromatic carbocycles. The predicted octanol–water partition coefficient (Wildman–Crippen LogP) is 3.16. The summed E-state index contributed by atoms with van der Waals surface area (Å²) >= 11 is 0. The van der Waals surface area contributed by atoms with E-state index in [1.54, 1.807) is 0 Å². The highest BCUT2D eigenvalue weighted by Crippen LogP contribution is 2.28. The van der Waals surface area contributed by atoms with E-state index in [-0.39, 0.29) is 5.56 Å². The number of nitrogens with one attached hydrogen (secondary N) is 1. The maximum atomic E-state index is 14.2. The highest BCUT2D eigenvalue weighted by atomic mass is 19.1. The average molecular weight is 270 g/mol. The van der Waals surface area contributed by atoms with Crippen molar-refractivity contribution < 1.29 is 13.9 Å². The van der Waals surface area contributed by atoms with E-state index in [0.717, 1.165) is 17.0 Å². The number of aromatic nitrogens is 2. The molecule has 0 saturated carbocycles. The minimum atomic E-state index is -0.567. The van der Waals surface area contributed by atoms with Gasteiger partial charge in [-0.3, -0.25) is 5.10 Å². The Morgan fingerprint density at radius 3 is 2.80 bits per heavy atom. The van der Waals surface area contributed by atoms with Crippen molar-refractivity contribution in [2.24, 2.45) is 0 Å². The van der Waals surface area contributed by atoms with Gasteiger partial charge >= 0.3 is 5.97 Å². The van der Waals surface area contributed by atoms with Gasteiger partial charge in [-0.1, -0.05) is 18.2 Å². The lowest BCUT2D eigenvalue weighted by atomic mass is 10.1. The van der Waals surface area contributed by atoms with Crippen LogP contribution in [0.25, 0.3) is 22.2 Å². The standard InChI is InChI=1S/C15H11FN2O2/c1-20-15(19)9-6-7-10(12(16)8-9)14-11-4-2-3-5-13(11)17-18-14/h2-8H,1H3,(H,17,18). The molecule has 0 aliphatic rings. The van der Waals surface area contributed by atoms with Crippen LogP contribution >= 0.6 is 0 Å². The second-order valence-corrected chi connectivity index (χ2v) is 4.30. The first-order chi connectivity index (χ1) is 9.70. The van der Waals surface area contributed by atoms with Crippen LogP contribution in [0.4, 0.5) is 4.39 Å². The van der Waals surface area contributed by atoms with Crippen molar-refractivity contribution >= 4 is 16.9 Å². The lowest BCUT2D eigenvalue weighted by molar-refractivity contribution is 0.0600. The molecule has 5 heteroatoms. The van der Waals surface area contributed by atoms with E-state index in [2.05, 4.69) is 14.9 Å². The van der Waals surface area contributed by atoms with Gasteiger partial charge < -0.3 is 4.74 Å². The van der Waals surface area contributed by atoms with Gasteiger partial charge in [-0.05, 0) is 24.3 Å². The molecule has 1 N–H and O–H groups in total. The van der Waals surface area contributed by atoms with Gasteiger partial charge in [0.1, 0.15) is 11.5 Å². The van der Waals surface area contributed by atoms with Gasteiger partial charge in [0, 0.05) is 10.9 Å². The van der Waals surface area contributed by atoms with E-state index in [4.69, 9.17) is 0 Å². The van der Waals surface area contributed by atoms with Crippen LogP contribution < -0.4 is 0 Å². The van der Waals surface area contributed by atoms with Crippen LogP contribution in [0.1, 0.15) is 10.4 Å². The summed E-state index contributed by atoms with van der Waals surface area (Å²) in [5.74, 6) is -1.08. The molecule has 20 heavy (non-hydrogen) atoms. The van der Waals surface area contributed by atoms with Gasteiger partial charge in [-0.2, -0.15) is 5.10 Å². The third-order valence-corrected chi connectivity index (χ3v) is 3.12. The Hall–Kier alpha value is -2.69. The van der Waals surface area contributed by atoms with Crippen LogP contribution in [0.5, 0.6) is 0 Å². The van der Waals surface area contributed by atoms with Gasteiger partial charge in [-0.15, -0.1) is 0 Å². The number of hydrogen-bond acceptors (Lipinski definition) is 3. The maximum absolute atomic E-state index is 14.2. The molecule has 0 spiro atoms. The quantitative estimate of drug-likeness (QED) is 0.728. The molecular formula is C15H11FN2O2. The number of rotatable bonds is 2. The monoisotopic (exact) mass is 270 g/mol. The van der Waals surface area contributed by atoms with Crippen molar-refractivity contribution in [2.75, 3.05) is 7.11 Å². The molecule has 0 unspecified atom stereocenters. The maximum Gasteiger partial charge on any atom is 0.337 e. The third kappa shape index (κ3) is 1.93. The van der Waals surface area contributed by atoms with Crippen LogP contribution in [0, 0.1) is 5.82 Å². The summed E-state index contributed by atoms with van der Waals surface area (Å²) in [4.78, 5) is 11.4. The summed E-state index contributed by atoms with van der Waals surface area (Å²) in [6.45, 7) is 0. The number of hydrogen-bond donors (Lipinski definition) is 1. The van der Waals surface area contributed by atoms with Gasteiger partial charge in [0.15, 0.2) is 0 Å². The molecule has 1 heterocycles. The highest BCUT2D eigenvalue weighted by Gasteiger charge is 2.15. The van der Waals surface area contributed by atoms with Crippen LogP contribution in [-0.4, -0.2) is 23.3 Å². The zero-order chi connectivity index (χ0) is 14.1. The second-order valence-electron chi connectivity index (χ2n) is 4.30. The molecular weight excluding hydrogens is 259 g/mol. The van der Waals surface area contributed by atoms with Crippen LogP contribution in [-0.2, 0) is 4.74 Å². The van der Waals surface area contributed by atoms with E-state index in [1.165, 1.54) is 19.2 Å². The fraction of sp³-hybridized carbons (Fsp3) is 0.0667. The molecule has 100 valence electrons. The zero-order valence-corrected chi connectivity index (χ0v) is 10.7. The van der Waals surface area contributed by atoms with E-state index in [0.29, 0.717) is 11.3 Å². The van der Waals surface area contributed by atoms with E-state index in [1.807, 2.05) is 24.3 Å². The number of benzene rings is 2. The number of halogens is 1. The van der Waals surface area contributed by atoms with E-state index >= 15 is 0 Å². The summed E-state index contributed by atoms with van der Waals surface area (Å²) in [6, 6.07) is 11.7. The number of methoxy groups -OCH3 is 1. The average Bonchev–Trinajstić information content (AvgIpc) is 2.90. The number of fused-ring (bicyclic) bond motifs is 1. The number of carbonyl (C=O) groups is 1. The van der Waals surface area contributed by atoms with Crippen LogP contribution in [0.3, 0.4) is 0 Å². The van der Waals surface area contributed by atoms with Crippen molar-refractivity contribution in [3.63, 3.8) is 0 Å². The Morgan fingerprint density at radius 2 is 2.05 bits per heavy atom. The largest absolute Gasteiger partial charge is 0.465 e. The molecule has 3 rings (SSSR count). The Morgan fingerprint density at radius 1 is 1.25 bits per heavy atom. The molecule has 0 aliphatic heterocycles. The van der Waals surface area contributed by atoms with Gasteiger partial charge in [0.2, 0.25) is 0 Å². The summed E-state index contributed by atoms with van der Waals surface area (Å²) in [6.07, 6.45) is 0. The van der Waals surface area contributed by atoms with Gasteiger partial charge in [0.05, 0.1) is 18.2 Å². The zero-order valence-electron chi connectivity index (χ0n) is 10.7. The van der Waals surface area contributed by atoms with E-state index < -0.39 is 11.8 Å². The molecule has 0 amide bonds. The molecule has 3 aromatic rings. The molecule has 0 radical (unpaired) electrons. The minimum absolute atomic E-state index is 0.175. The Kier molecular flexibility index (Phi) is 2.95. The Bertz CT molecular complexity index is 795. The van der Waals surface area contributed by atoms with Crippen molar-refractivity contribution in [2.45, 2.75) is 0 Å². The number of nitrogens with zero attached hydrogens (tertiary/aromatic N) is 1. The molecule has 0 aliphatic carbocycles. The fourth-order valence-electron chi connectivity index (χ4n) is 2.12. The van der Waals surface area contributed by atoms with Crippen LogP contribution in [0.15, 0.2) is 42.5 Å². The topological polar surface area (TPSA) is 55.0 Å². The predicted molar refractivity (Wildman–Crippen MR) is 72.8 cm³/mol. The third-order valence-electron chi connectivity index (χ3n) is 3.12. The normalized spacial score (nSPS) is 10.7. The van der Waals surface area contributed by atoms with Crippen molar-refractivity contribution in [3.05, 3.63) is 53.8 Å². The first-order valence-electron chi connectivity index (χ1n) is 6.02. The number of aromatic amines is 1. The molecule has 0 bridgehead atoms. The first-order valence-corrected chi connectivity index (χ1v) is 6.02. The Labute approximate surface area is 114 Å². The molecule has 1 aromatic heterocycles. The molecule has 0 fully saturated rings.